The van der Waals surface area contributed by atoms with Crippen LogP contribution in [0.25, 0.3) is 11.1 Å². The molecule has 0 spiro atoms. The van der Waals surface area contributed by atoms with Crippen molar-refractivity contribution in [3.05, 3.63) is 83.9 Å². The Kier molecular flexibility index (Phi) is 5.70. The fourth-order valence-electron chi connectivity index (χ4n) is 2.71. The first-order valence-corrected chi connectivity index (χ1v) is 8.47. The fourth-order valence-corrected chi connectivity index (χ4v) is 2.71. The van der Waals surface area contributed by atoms with E-state index in [1.807, 2.05) is 54.6 Å². The third-order valence-electron chi connectivity index (χ3n) is 4.01. The van der Waals surface area contributed by atoms with Gasteiger partial charge in [0.25, 0.3) is 0 Å². The lowest BCUT2D eigenvalue weighted by atomic mass is 10.0. The molecule has 3 heteroatoms. The summed E-state index contributed by atoms with van der Waals surface area (Å²) in [5.41, 5.74) is 10.2. The first kappa shape index (κ1) is 17.1. The number of benzene rings is 3. The predicted molar refractivity (Wildman–Crippen MR) is 102 cm³/mol. The quantitative estimate of drug-likeness (QED) is 0.688. The van der Waals surface area contributed by atoms with Crippen molar-refractivity contribution >= 4 is 0 Å². The van der Waals surface area contributed by atoms with Crippen LogP contribution < -0.4 is 15.2 Å². The van der Waals surface area contributed by atoms with E-state index in [0.29, 0.717) is 19.8 Å². The van der Waals surface area contributed by atoms with Crippen LogP contribution in [-0.2, 0) is 6.61 Å². The van der Waals surface area contributed by atoms with Gasteiger partial charge in [-0.15, -0.1) is 0 Å². The molecule has 2 N–H and O–H groups in total. The Bertz CT molecular complexity index is 815. The van der Waals surface area contributed by atoms with Crippen LogP contribution in [0.1, 0.15) is 11.1 Å². The summed E-state index contributed by atoms with van der Waals surface area (Å²) in [5, 5.41) is 0. The van der Waals surface area contributed by atoms with Gasteiger partial charge in [-0.1, -0.05) is 60.7 Å². The molecule has 3 aromatic rings. The summed E-state index contributed by atoms with van der Waals surface area (Å²) in [4.78, 5) is 0. The van der Waals surface area contributed by atoms with Gasteiger partial charge >= 0.3 is 0 Å². The Labute approximate surface area is 149 Å². The topological polar surface area (TPSA) is 44.5 Å². The molecular weight excluding hydrogens is 310 g/mol. The molecule has 25 heavy (non-hydrogen) atoms. The van der Waals surface area contributed by atoms with E-state index in [1.165, 1.54) is 11.1 Å². The van der Waals surface area contributed by atoms with Gasteiger partial charge in [-0.2, -0.15) is 0 Å². The molecule has 0 unspecified atom stereocenters. The van der Waals surface area contributed by atoms with Crippen molar-refractivity contribution in [3.63, 3.8) is 0 Å². The molecule has 128 valence electrons. The first-order valence-electron chi connectivity index (χ1n) is 8.47. The van der Waals surface area contributed by atoms with E-state index in [-0.39, 0.29) is 0 Å². The van der Waals surface area contributed by atoms with Crippen LogP contribution in [-0.4, -0.2) is 13.2 Å². The van der Waals surface area contributed by atoms with Gasteiger partial charge in [0.15, 0.2) is 11.5 Å². The van der Waals surface area contributed by atoms with Gasteiger partial charge in [-0.25, -0.2) is 0 Å². The third kappa shape index (κ3) is 4.40. The lowest BCUT2D eigenvalue weighted by molar-refractivity contribution is 0.266. The molecule has 0 atom stereocenters. The average Bonchev–Trinajstić information content (AvgIpc) is 2.66. The second kappa shape index (κ2) is 8.36. The van der Waals surface area contributed by atoms with E-state index in [9.17, 15) is 0 Å². The number of aryl methyl sites for hydroxylation is 1. The molecule has 3 nitrogen and oxygen atoms in total. The van der Waals surface area contributed by atoms with Gasteiger partial charge < -0.3 is 15.2 Å². The summed E-state index contributed by atoms with van der Waals surface area (Å²) < 4.78 is 11.8. The van der Waals surface area contributed by atoms with Gasteiger partial charge in [0.2, 0.25) is 0 Å². The summed E-state index contributed by atoms with van der Waals surface area (Å²) in [6, 6.07) is 24.5. The molecule has 0 amide bonds. The zero-order chi connectivity index (χ0) is 17.5. The molecule has 0 aliphatic rings. The summed E-state index contributed by atoms with van der Waals surface area (Å²) in [7, 11) is 0. The Hall–Kier alpha value is -2.78. The Morgan fingerprint density at radius 1 is 0.800 bits per heavy atom. The minimum atomic E-state index is 0.464. The van der Waals surface area contributed by atoms with Crippen molar-refractivity contribution in [2.45, 2.75) is 13.5 Å². The van der Waals surface area contributed by atoms with Gasteiger partial charge in [-0.05, 0) is 41.3 Å². The lowest BCUT2D eigenvalue weighted by Gasteiger charge is -2.15. The first-order chi connectivity index (χ1) is 12.3. The molecule has 3 aromatic carbocycles. The minimum absolute atomic E-state index is 0.464. The number of ether oxygens (including phenoxy) is 2. The van der Waals surface area contributed by atoms with Crippen molar-refractivity contribution in [1.29, 1.82) is 0 Å². The molecule has 0 bridgehead atoms. The summed E-state index contributed by atoms with van der Waals surface area (Å²) >= 11 is 0. The monoisotopic (exact) mass is 333 g/mol. The van der Waals surface area contributed by atoms with Crippen LogP contribution in [0.5, 0.6) is 11.5 Å². The molecule has 0 aliphatic heterocycles. The van der Waals surface area contributed by atoms with Gasteiger partial charge in [0, 0.05) is 6.54 Å². The van der Waals surface area contributed by atoms with Crippen molar-refractivity contribution in [3.8, 4) is 22.6 Å². The number of hydrogen-bond donors (Lipinski definition) is 1. The molecule has 0 saturated heterocycles. The zero-order valence-electron chi connectivity index (χ0n) is 14.4. The van der Waals surface area contributed by atoms with Crippen LogP contribution >= 0.6 is 0 Å². The van der Waals surface area contributed by atoms with E-state index < -0.39 is 0 Å². The molecule has 3 rings (SSSR count). The maximum atomic E-state index is 6.06. The van der Waals surface area contributed by atoms with Gasteiger partial charge in [-0.3, -0.25) is 0 Å². The average molecular weight is 333 g/mol. The zero-order valence-corrected chi connectivity index (χ0v) is 14.4. The van der Waals surface area contributed by atoms with E-state index in [0.717, 1.165) is 22.6 Å². The SMILES string of the molecule is Cc1ccccc1-c1ccc(OCCN)c(OCc2ccccc2)c1. The molecule has 0 heterocycles. The highest BCUT2D eigenvalue weighted by molar-refractivity contribution is 5.70. The van der Waals surface area contributed by atoms with Crippen LogP contribution in [0, 0.1) is 6.92 Å². The van der Waals surface area contributed by atoms with Gasteiger partial charge in [0.1, 0.15) is 13.2 Å². The minimum Gasteiger partial charge on any atom is -0.488 e. The largest absolute Gasteiger partial charge is 0.488 e. The van der Waals surface area contributed by atoms with Crippen LogP contribution in [0.15, 0.2) is 72.8 Å². The molecule has 0 aliphatic carbocycles. The molecule has 0 fully saturated rings. The summed E-state index contributed by atoms with van der Waals surface area (Å²) in [6.45, 7) is 3.54. The van der Waals surface area contributed by atoms with Crippen LogP contribution in [0.4, 0.5) is 0 Å². The summed E-state index contributed by atoms with van der Waals surface area (Å²) in [6.07, 6.45) is 0. The predicted octanol–water partition coefficient (Wildman–Crippen LogP) is 4.58. The Morgan fingerprint density at radius 3 is 2.32 bits per heavy atom. The second-order valence-electron chi connectivity index (χ2n) is 5.89. The summed E-state index contributed by atoms with van der Waals surface area (Å²) in [5.74, 6) is 1.46. The molecular formula is C22H23NO2. The maximum absolute atomic E-state index is 6.06. The fraction of sp³-hybridized carbons (Fsp3) is 0.182. The normalized spacial score (nSPS) is 10.5. The van der Waals surface area contributed by atoms with Crippen molar-refractivity contribution in [2.75, 3.05) is 13.2 Å². The standard InChI is InChI=1S/C22H23NO2/c1-17-7-5-6-10-20(17)19-11-12-21(24-14-13-23)22(15-19)25-16-18-8-3-2-4-9-18/h2-12,15H,13-14,16,23H2,1H3. The Morgan fingerprint density at radius 2 is 1.56 bits per heavy atom. The highest BCUT2D eigenvalue weighted by Gasteiger charge is 2.10. The smallest absolute Gasteiger partial charge is 0.162 e. The van der Waals surface area contributed by atoms with Crippen molar-refractivity contribution in [2.24, 2.45) is 5.73 Å². The third-order valence-corrected chi connectivity index (χ3v) is 4.01. The number of nitrogens with two attached hydrogens (primary N) is 1. The number of hydrogen-bond acceptors (Lipinski definition) is 3. The maximum Gasteiger partial charge on any atom is 0.162 e. The van der Waals surface area contributed by atoms with E-state index in [2.05, 4.69) is 25.1 Å². The van der Waals surface area contributed by atoms with Crippen molar-refractivity contribution < 1.29 is 9.47 Å². The molecule has 0 radical (unpaired) electrons. The number of rotatable bonds is 7. The van der Waals surface area contributed by atoms with Crippen LogP contribution in [0.3, 0.4) is 0 Å². The Balaban J connectivity index is 1.89. The van der Waals surface area contributed by atoms with E-state index in [4.69, 9.17) is 15.2 Å². The van der Waals surface area contributed by atoms with E-state index >= 15 is 0 Å². The molecule has 0 aromatic heterocycles. The lowest BCUT2D eigenvalue weighted by Crippen LogP contribution is -2.11. The highest BCUT2D eigenvalue weighted by atomic mass is 16.5. The van der Waals surface area contributed by atoms with Crippen molar-refractivity contribution in [1.82, 2.24) is 0 Å². The van der Waals surface area contributed by atoms with E-state index in [1.54, 1.807) is 0 Å². The van der Waals surface area contributed by atoms with Crippen LogP contribution in [0.2, 0.25) is 0 Å². The molecule has 0 saturated carbocycles. The highest BCUT2D eigenvalue weighted by Crippen LogP contribution is 2.34. The second-order valence-corrected chi connectivity index (χ2v) is 5.89. The van der Waals surface area contributed by atoms with Gasteiger partial charge in [0.05, 0.1) is 0 Å².